The average Bonchev–Trinajstić information content (AvgIpc) is 1.64. The maximum absolute atomic E-state index is 13.5. The SMILES string of the molecule is CN(C)c1ccc(NC(=O)c2n[nH]c3ccc(-c4cncc(CN5CCC(F)(F)C5)c4)cc23)cn1.CN(C)c1ccc(NC(=O)c2n[nH]c3ccc(-c4cncc(CN5CCC(F)(F)CC5)c4)cc23)cn1.CN(C)c1ccc(NC(=O)c2n[nH]c3ccc(-c4cncc(N5CCCC5)c4)cc23)cn1.CN(C)c1ccc(NC(=O)c2n[nH]c3ccc(-c4cncc(N5CCCCC5)c4)cc23)cn1. The lowest BCUT2D eigenvalue weighted by molar-refractivity contribution is -0.0566. The second-order valence-corrected chi connectivity index (χ2v) is 35.1. The van der Waals surface area contributed by atoms with Gasteiger partial charge in [-0.05, 0) is 187 Å². The molecule has 136 heavy (non-hydrogen) atoms. The number of aromatic amines is 4. The zero-order valence-corrected chi connectivity index (χ0v) is 76.6. The van der Waals surface area contributed by atoms with Crippen molar-refractivity contribution in [2.24, 2.45) is 0 Å². The van der Waals surface area contributed by atoms with Crippen molar-refractivity contribution in [3.05, 3.63) is 254 Å². The van der Waals surface area contributed by atoms with Crippen molar-refractivity contribution in [2.75, 3.05) is 159 Å². The predicted octanol–water partition coefficient (Wildman–Crippen LogP) is 17.0. The van der Waals surface area contributed by atoms with Gasteiger partial charge in [-0.15, -0.1) is 0 Å². The molecule has 20 rings (SSSR count). The van der Waals surface area contributed by atoms with Crippen LogP contribution in [0.15, 0.2) is 220 Å². The molecule has 4 saturated heterocycles. The Balaban J connectivity index is 0.000000126. The van der Waals surface area contributed by atoms with Gasteiger partial charge in [0.05, 0.1) is 99.9 Å². The minimum atomic E-state index is -2.63. The predicted molar refractivity (Wildman–Crippen MR) is 525 cm³/mol. The van der Waals surface area contributed by atoms with Crippen LogP contribution in [0.25, 0.3) is 88.1 Å². The van der Waals surface area contributed by atoms with E-state index in [2.05, 4.69) is 124 Å². The molecule has 4 fully saturated rings. The Morgan fingerprint density at radius 1 is 0.316 bits per heavy atom. The average molecular weight is 1840 g/mol. The first-order chi connectivity index (χ1) is 65.7. The van der Waals surface area contributed by atoms with E-state index in [0.29, 0.717) is 77.6 Å². The number of amides is 4. The maximum atomic E-state index is 13.5. The summed E-state index contributed by atoms with van der Waals surface area (Å²) in [5, 5.41) is 43.1. The number of H-pyrrole nitrogens is 4. The molecule has 0 radical (unpaired) electrons. The second kappa shape index (κ2) is 40.8. The third-order valence-corrected chi connectivity index (χ3v) is 24.2. The van der Waals surface area contributed by atoms with Crippen molar-refractivity contribution in [1.29, 1.82) is 0 Å². The van der Waals surface area contributed by atoms with E-state index in [1.807, 2.05) is 227 Å². The molecule has 0 bridgehead atoms. The first-order valence-electron chi connectivity index (χ1n) is 44.9. The Bertz CT molecular complexity index is 6920. The van der Waals surface area contributed by atoms with Gasteiger partial charge in [0.1, 0.15) is 23.3 Å². The molecule has 0 saturated carbocycles. The van der Waals surface area contributed by atoms with Crippen LogP contribution in [0, 0.1) is 0 Å². The molecule has 32 nitrogen and oxygen atoms in total. The number of alkyl halides is 4. The molecule has 4 aliphatic rings. The zero-order chi connectivity index (χ0) is 94.7. The van der Waals surface area contributed by atoms with Crippen LogP contribution in [0.5, 0.6) is 0 Å². The van der Waals surface area contributed by atoms with Crippen LogP contribution in [-0.2, 0) is 13.1 Å². The minimum Gasteiger partial charge on any atom is -0.370 e. The largest absolute Gasteiger partial charge is 0.370 e. The van der Waals surface area contributed by atoms with Crippen LogP contribution in [0.2, 0.25) is 0 Å². The number of fused-ring (bicyclic) bond motifs is 4. The number of rotatable bonds is 22. The van der Waals surface area contributed by atoms with E-state index in [1.54, 1.807) is 66.6 Å². The molecule has 8 N–H and O–H groups in total. The molecule has 0 unspecified atom stereocenters. The highest BCUT2D eigenvalue weighted by Gasteiger charge is 2.38. The van der Waals surface area contributed by atoms with E-state index in [9.17, 15) is 36.7 Å². The molecule has 4 aliphatic heterocycles. The van der Waals surface area contributed by atoms with Gasteiger partial charge in [-0.25, -0.2) is 37.5 Å². The van der Waals surface area contributed by atoms with E-state index in [-0.39, 0.29) is 60.8 Å². The standard InChI is InChI=1S/C26H27F2N7O.C25H25F2N7O.C25H27N7O.C24H25N7O/c1-34(2)23-6-4-20(15-30-23)31-25(36)24-21-12-18(3-5-22(21)32-33-24)19-11-17(13-29-14-19)16-35-9-7-26(27,28)8-10-35;1-33(2)22-6-4-19(13-29-22)30-24(35)23-20-10-17(3-5-21(20)31-32-23)18-9-16(11-28-12-18)14-34-8-7-25(26,27)15-34;1-31(2)23-9-7-19(15-27-23)28-25(33)24-21-13-17(6-8-22(21)29-30-24)18-12-20(16-26-14-18)32-10-4-3-5-11-32;1-30(2)22-8-6-18(14-26-22)27-24(32)23-20-12-16(5-7-21(20)28-29-23)17-11-19(15-25-13-17)31-9-3-4-10-31/h3-6,11-15H,7-10,16H2,1-2H3,(H,31,36)(H,32,33);3-6,9-13H,7-8,14-15H2,1-2H3,(H,30,35)(H,31,32);6-9,12-16H,3-5,10-11H2,1-2H3,(H,28,33)(H,29,30);5-8,11-15H,3-4,9-10H2,1-2H3,(H,27,32)(H,28,29). The summed E-state index contributed by atoms with van der Waals surface area (Å²) >= 11 is 0. The number of nitrogens with zero attached hydrogens (tertiary/aromatic N) is 20. The van der Waals surface area contributed by atoms with Crippen molar-refractivity contribution in [2.45, 2.75) is 76.3 Å². The van der Waals surface area contributed by atoms with Crippen molar-refractivity contribution in [3.8, 4) is 44.5 Å². The third kappa shape index (κ3) is 22.3. The Kier molecular flexibility index (Phi) is 27.6. The van der Waals surface area contributed by atoms with Crippen LogP contribution < -0.4 is 50.7 Å². The molecule has 0 atom stereocenters. The third-order valence-electron chi connectivity index (χ3n) is 24.2. The topological polar surface area (TPSA) is 360 Å². The van der Waals surface area contributed by atoms with E-state index in [0.717, 1.165) is 149 Å². The van der Waals surface area contributed by atoms with Gasteiger partial charge in [-0.1, -0.05) is 24.3 Å². The number of aromatic nitrogens is 16. The van der Waals surface area contributed by atoms with Gasteiger partial charge in [0.2, 0.25) is 0 Å². The highest BCUT2D eigenvalue weighted by Crippen LogP contribution is 2.37. The molecule has 36 heteroatoms. The summed E-state index contributed by atoms with van der Waals surface area (Å²) in [4.78, 5) is 103. The number of likely N-dealkylation sites (tertiary alicyclic amines) is 2. The van der Waals surface area contributed by atoms with E-state index < -0.39 is 11.8 Å². The first kappa shape index (κ1) is 92.1. The number of pyridine rings is 8. The maximum Gasteiger partial charge on any atom is 0.276 e. The molecule has 4 aromatic carbocycles. The van der Waals surface area contributed by atoms with E-state index >= 15 is 0 Å². The second-order valence-electron chi connectivity index (χ2n) is 35.1. The summed E-state index contributed by atoms with van der Waals surface area (Å²) in [5.41, 5.74) is 18.3. The Morgan fingerprint density at radius 2 is 0.603 bits per heavy atom. The van der Waals surface area contributed by atoms with Crippen LogP contribution in [-0.4, -0.2) is 235 Å². The highest BCUT2D eigenvalue weighted by atomic mass is 19.3. The highest BCUT2D eigenvalue weighted by molar-refractivity contribution is 6.15. The number of benzene rings is 4. The Labute approximate surface area is 781 Å². The molecule has 16 heterocycles. The summed E-state index contributed by atoms with van der Waals surface area (Å²) in [5.74, 6) is -3.23. The summed E-state index contributed by atoms with van der Waals surface area (Å²) in [6.07, 6.45) is 26.8. The van der Waals surface area contributed by atoms with E-state index in [4.69, 9.17) is 0 Å². The minimum absolute atomic E-state index is 0.113. The van der Waals surface area contributed by atoms with Gasteiger partial charge < -0.3 is 50.7 Å². The lowest BCUT2D eigenvalue weighted by Gasteiger charge is -2.31. The van der Waals surface area contributed by atoms with Gasteiger partial charge in [0.15, 0.2) is 22.8 Å². The lowest BCUT2D eigenvalue weighted by Crippen LogP contribution is -2.38. The van der Waals surface area contributed by atoms with Crippen molar-refractivity contribution in [1.82, 2.24) is 90.5 Å². The first-order valence-corrected chi connectivity index (χ1v) is 44.9. The Morgan fingerprint density at radius 3 is 0.897 bits per heavy atom. The molecule has 696 valence electrons. The fourth-order valence-electron chi connectivity index (χ4n) is 16.7. The zero-order valence-electron chi connectivity index (χ0n) is 76.6. The smallest absolute Gasteiger partial charge is 0.276 e. The molecule has 12 aromatic heterocycles. The quantitative estimate of drug-likeness (QED) is 0.0292. The van der Waals surface area contributed by atoms with Crippen molar-refractivity contribution >= 4 is 125 Å². The lowest BCUT2D eigenvalue weighted by atomic mass is 10.0. The number of carbonyl (C=O) groups excluding carboxylic acids is 4. The number of anilines is 10. The Hall–Kier alpha value is -15.7. The molecule has 4 amide bonds. The number of nitrogens with one attached hydrogen (secondary N) is 8. The number of piperidine rings is 2. The fraction of sp³-hybridized carbons (Fsp3) is 0.280. The number of halogens is 4. The summed E-state index contributed by atoms with van der Waals surface area (Å²) in [6, 6.07) is 46.2. The molecule has 0 aliphatic carbocycles. The molecule has 0 spiro atoms. The molecular weight excluding hydrogens is 1730 g/mol. The van der Waals surface area contributed by atoms with Gasteiger partial charge in [0, 0.05) is 216 Å². The van der Waals surface area contributed by atoms with Crippen LogP contribution in [0.3, 0.4) is 0 Å². The summed E-state index contributed by atoms with van der Waals surface area (Å²) < 4.78 is 54.0. The van der Waals surface area contributed by atoms with Gasteiger partial charge >= 0.3 is 0 Å². The fourth-order valence-corrected chi connectivity index (χ4v) is 16.7. The number of carbonyl (C=O) groups is 4. The monoisotopic (exact) mass is 1840 g/mol. The molecule has 16 aromatic rings. The molecular formula is C100H104F4N28O4. The number of hydrogen-bond acceptors (Lipinski definition) is 24. The number of hydrogen-bond donors (Lipinski definition) is 8. The van der Waals surface area contributed by atoms with Crippen LogP contribution in [0.1, 0.15) is 104 Å². The van der Waals surface area contributed by atoms with Crippen molar-refractivity contribution in [3.63, 3.8) is 0 Å². The summed E-state index contributed by atoms with van der Waals surface area (Å²) in [7, 11) is 15.3. The van der Waals surface area contributed by atoms with Crippen LogP contribution >= 0.6 is 0 Å². The van der Waals surface area contributed by atoms with E-state index in [1.165, 1.54) is 32.1 Å². The normalized spacial score (nSPS) is 14.6. The van der Waals surface area contributed by atoms with Gasteiger partial charge in [0.25, 0.3) is 35.5 Å². The van der Waals surface area contributed by atoms with Gasteiger partial charge in [-0.2, -0.15) is 20.4 Å². The van der Waals surface area contributed by atoms with Crippen LogP contribution in [0.4, 0.5) is 75.0 Å². The summed E-state index contributed by atoms with van der Waals surface area (Å²) in [6.45, 7) is 6.13. The van der Waals surface area contributed by atoms with Crippen molar-refractivity contribution < 1.29 is 36.7 Å². The van der Waals surface area contributed by atoms with Gasteiger partial charge in [-0.3, -0.25) is 69.3 Å².